The lowest BCUT2D eigenvalue weighted by Gasteiger charge is -2.15. The van der Waals surface area contributed by atoms with Crippen LogP contribution in [-0.4, -0.2) is 30.2 Å². The van der Waals surface area contributed by atoms with E-state index in [1.54, 1.807) is 0 Å². The molecule has 0 spiro atoms. The molecule has 7 heteroatoms. The van der Waals surface area contributed by atoms with Crippen molar-refractivity contribution in [3.8, 4) is 0 Å². The number of ether oxygens (including phenoxy) is 1. The molecule has 1 aromatic heterocycles. The first kappa shape index (κ1) is 16.1. The fourth-order valence-corrected chi connectivity index (χ4v) is 2.37. The number of aromatic nitrogens is 2. The lowest BCUT2D eigenvalue weighted by Crippen LogP contribution is -2.27. The van der Waals surface area contributed by atoms with Crippen molar-refractivity contribution in [3.05, 3.63) is 27.1 Å². The molecule has 0 aliphatic carbocycles. The number of hydrogen-bond acceptors (Lipinski definition) is 4. The summed E-state index contributed by atoms with van der Waals surface area (Å²) in [7, 11) is -1.15. The Bertz CT molecular complexity index is 523. The van der Waals surface area contributed by atoms with Crippen LogP contribution in [0.15, 0.2) is 11.0 Å². The van der Waals surface area contributed by atoms with E-state index in [2.05, 4.69) is 24.7 Å². The molecule has 5 nitrogen and oxygen atoms in total. The van der Waals surface area contributed by atoms with Gasteiger partial charge in [-0.3, -0.25) is 9.59 Å². The average Bonchev–Trinajstić information content (AvgIpc) is 2.28. The number of carbonyl (C=O) groups is 1. The van der Waals surface area contributed by atoms with Crippen LogP contribution in [0.5, 0.6) is 0 Å². The number of hydrogen-bond donors (Lipinski definition) is 0. The third-order valence-electron chi connectivity index (χ3n) is 2.57. The Hall–Kier alpha value is -0.983. The molecule has 0 fully saturated rings. The summed E-state index contributed by atoms with van der Waals surface area (Å²) in [5, 5.41) is 3.78. The summed E-state index contributed by atoms with van der Waals surface area (Å²) in [6.07, 6.45) is 1.30. The van der Waals surface area contributed by atoms with Crippen molar-refractivity contribution in [3.63, 3.8) is 0 Å². The van der Waals surface area contributed by atoms with Crippen LogP contribution in [-0.2, 0) is 11.5 Å². The van der Waals surface area contributed by atoms with Crippen LogP contribution in [0.1, 0.15) is 17.3 Å². The topological polar surface area (TPSA) is 61.2 Å². The molecule has 0 aromatic carbocycles. The molecule has 0 aliphatic rings. The molecular formula is C12H19ClN2O3Si. The van der Waals surface area contributed by atoms with Crippen molar-refractivity contribution >= 4 is 25.5 Å². The molecule has 0 bridgehead atoms. The Morgan fingerprint density at radius 2 is 2.11 bits per heavy atom. The minimum absolute atomic E-state index is 0.0568. The zero-order chi connectivity index (χ0) is 14.6. The average molecular weight is 303 g/mol. The lowest BCUT2D eigenvalue weighted by atomic mass is 10.2. The van der Waals surface area contributed by atoms with Crippen LogP contribution in [0.25, 0.3) is 0 Å². The molecule has 1 heterocycles. The Morgan fingerprint density at radius 3 is 2.63 bits per heavy atom. The van der Waals surface area contributed by atoms with Crippen molar-refractivity contribution in [2.24, 2.45) is 0 Å². The van der Waals surface area contributed by atoms with Crippen molar-refractivity contribution in [1.82, 2.24) is 9.78 Å². The van der Waals surface area contributed by atoms with Gasteiger partial charge in [0.15, 0.2) is 5.78 Å². The molecule has 0 radical (unpaired) electrons. The third-order valence-corrected chi connectivity index (χ3v) is 4.64. The zero-order valence-corrected chi connectivity index (χ0v) is 13.5. The van der Waals surface area contributed by atoms with Gasteiger partial charge in [-0.25, -0.2) is 4.68 Å². The number of rotatable bonds is 6. The minimum Gasteiger partial charge on any atom is -0.359 e. The number of carbonyl (C=O) groups excluding carboxylic acids is 1. The molecular weight excluding hydrogens is 284 g/mol. The van der Waals surface area contributed by atoms with Crippen LogP contribution in [0.3, 0.4) is 0 Å². The van der Waals surface area contributed by atoms with E-state index in [-0.39, 0.29) is 23.1 Å². The first-order chi connectivity index (χ1) is 8.72. The van der Waals surface area contributed by atoms with Crippen LogP contribution >= 0.6 is 11.6 Å². The van der Waals surface area contributed by atoms with Crippen molar-refractivity contribution in [1.29, 1.82) is 0 Å². The summed E-state index contributed by atoms with van der Waals surface area (Å²) >= 11 is 5.84. The SMILES string of the molecule is CC(=O)c1cnn(COCC[Si](C)(C)C)c(=O)c1Cl. The molecule has 1 rings (SSSR count). The van der Waals surface area contributed by atoms with Gasteiger partial charge in [0.1, 0.15) is 11.8 Å². The molecule has 0 unspecified atom stereocenters. The summed E-state index contributed by atoms with van der Waals surface area (Å²) in [4.78, 5) is 23.0. The summed E-state index contributed by atoms with van der Waals surface area (Å²) in [5.74, 6) is -0.276. The van der Waals surface area contributed by atoms with Crippen molar-refractivity contribution < 1.29 is 9.53 Å². The van der Waals surface area contributed by atoms with Gasteiger partial charge >= 0.3 is 0 Å². The highest BCUT2D eigenvalue weighted by atomic mass is 35.5. The maximum Gasteiger partial charge on any atom is 0.288 e. The van der Waals surface area contributed by atoms with E-state index >= 15 is 0 Å². The van der Waals surface area contributed by atoms with E-state index in [0.29, 0.717) is 6.61 Å². The van der Waals surface area contributed by atoms with Gasteiger partial charge in [-0.05, 0) is 13.0 Å². The molecule has 19 heavy (non-hydrogen) atoms. The first-order valence-electron chi connectivity index (χ1n) is 6.06. The monoisotopic (exact) mass is 302 g/mol. The highest BCUT2D eigenvalue weighted by Gasteiger charge is 2.14. The standard InChI is InChI=1S/C12H19ClN2O3Si/c1-9(16)10-7-14-15(12(17)11(10)13)8-18-5-6-19(2,3)4/h7H,5-6,8H2,1-4H3. The number of Topliss-reactive ketones (excluding diaryl/α,β-unsaturated/α-hetero) is 1. The molecule has 106 valence electrons. The largest absolute Gasteiger partial charge is 0.359 e. The van der Waals surface area contributed by atoms with Gasteiger partial charge in [-0.1, -0.05) is 31.2 Å². The van der Waals surface area contributed by atoms with Crippen molar-refractivity contribution in [2.45, 2.75) is 39.3 Å². The normalized spacial score (nSPS) is 11.6. The van der Waals surface area contributed by atoms with E-state index < -0.39 is 13.6 Å². The molecule has 0 saturated carbocycles. The summed E-state index contributed by atoms with van der Waals surface area (Å²) in [5.41, 5.74) is -0.354. The Labute approximate surface area is 118 Å². The second kappa shape index (κ2) is 6.45. The second-order valence-electron chi connectivity index (χ2n) is 5.58. The molecule has 0 aliphatic heterocycles. The Kier molecular flexibility index (Phi) is 5.46. The van der Waals surface area contributed by atoms with Crippen molar-refractivity contribution in [2.75, 3.05) is 6.61 Å². The van der Waals surface area contributed by atoms with Crippen LogP contribution in [0.4, 0.5) is 0 Å². The van der Waals surface area contributed by atoms with Gasteiger partial charge in [0.25, 0.3) is 5.56 Å². The summed E-state index contributed by atoms with van der Waals surface area (Å²) in [6.45, 7) is 8.74. The van der Waals surface area contributed by atoms with Gasteiger partial charge in [0, 0.05) is 14.7 Å². The van der Waals surface area contributed by atoms with Crippen LogP contribution in [0, 0.1) is 0 Å². The minimum atomic E-state index is -1.15. The van der Waals surface area contributed by atoms with Crippen LogP contribution in [0.2, 0.25) is 30.7 Å². The zero-order valence-electron chi connectivity index (χ0n) is 11.7. The van der Waals surface area contributed by atoms with E-state index in [4.69, 9.17) is 16.3 Å². The fourth-order valence-electron chi connectivity index (χ4n) is 1.33. The van der Waals surface area contributed by atoms with Gasteiger partial charge < -0.3 is 4.74 Å². The Morgan fingerprint density at radius 1 is 1.47 bits per heavy atom. The quantitative estimate of drug-likeness (QED) is 0.460. The van der Waals surface area contributed by atoms with Crippen LogP contribution < -0.4 is 5.56 Å². The Balaban J connectivity index is 2.69. The van der Waals surface area contributed by atoms with E-state index in [9.17, 15) is 9.59 Å². The number of nitrogens with zero attached hydrogens (tertiary/aromatic N) is 2. The number of ketones is 1. The molecule has 0 N–H and O–H groups in total. The number of halogens is 1. The van der Waals surface area contributed by atoms with E-state index in [1.165, 1.54) is 13.1 Å². The highest BCUT2D eigenvalue weighted by molar-refractivity contribution is 6.76. The smallest absolute Gasteiger partial charge is 0.288 e. The third kappa shape index (κ3) is 4.89. The highest BCUT2D eigenvalue weighted by Crippen LogP contribution is 2.10. The molecule has 0 atom stereocenters. The maximum atomic E-state index is 11.8. The summed E-state index contributed by atoms with van der Waals surface area (Å²) in [6, 6.07) is 1.01. The molecule has 0 saturated heterocycles. The van der Waals surface area contributed by atoms with Gasteiger partial charge in [-0.2, -0.15) is 5.10 Å². The molecule has 1 aromatic rings. The lowest BCUT2D eigenvalue weighted by molar-refractivity contribution is 0.0747. The first-order valence-corrected chi connectivity index (χ1v) is 10.1. The van der Waals surface area contributed by atoms with Gasteiger partial charge in [-0.15, -0.1) is 0 Å². The maximum absolute atomic E-state index is 11.8. The molecule has 0 amide bonds. The predicted octanol–water partition coefficient (Wildman–Crippen LogP) is 2.41. The fraction of sp³-hybridized carbons (Fsp3) is 0.583. The van der Waals surface area contributed by atoms with E-state index in [0.717, 1.165) is 10.7 Å². The van der Waals surface area contributed by atoms with E-state index in [1.807, 2.05) is 0 Å². The van der Waals surface area contributed by atoms with Gasteiger partial charge in [0.05, 0.1) is 11.8 Å². The summed E-state index contributed by atoms with van der Waals surface area (Å²) < 4.78 is 6.55. The second-order valence-corrected chi connectivity index (χ2v) is 11.6. The van der Waals surface area contributed by atoms with Gasteiger partial charge in [0.2, 0.25) is 0 Å². The predicted molar refractivity (Wildman–Crippen MR) is 77.6 cm³/mol.